The average molecular weight is 430 g/mol. The van der Waals surface area contributed by atoms with Gasteiger partial charge in [-0.25, -0.2) is 0 Å². The van der Waals surface area contributed by atoms with Crippen LogP contribution in [0.3, 0.4) is 0 Å². The molecule has 29 heavy (non-hydrogen) atoms. The maximum absolute atomic E-state index is 12.7. The Morgan fingerprint density at radius 1 is 1.21 bits per heavy atom. The van der Waals surface area contributed by atoms with E-state index in [0.717, 1.165) is 19.6 Å². The number of nitrogens with zero attached hydrogens (tertiary/aromatic N) is 6. The number of carbonyl (C=O) groups is 1. The van der Waals surface area contributed by atoms with Crippen molar-refractivity contribution in [3.63, 3.8) is 0 Å². The van der Waals surface area contributed by atoms with Crippen LogP contribution >= 0.6 is 11.8 Å². The molecule has 158 valence electrons. The van der Waals surface area contributed by atoms with Gasteiger partial charge in [-0.1, -0.05) is 18.7 Å². The second-order valence-electron chi connectivity index (χ2n) is 6.43. The summed E-state index contributed by atoms with van der Waals surface area (Å²) in [5, 5.41) is 11.4. The van der Waals surface area contributed by atoms with Gasteiger partial charge in [0.15, 0.2) is 0 Å². The van der Waals surface area contributed by atoms with Crippen molar-refractivity contribution in [1.82, 2.24) is 30.0 Å². The van der Waals surface area contributed by atoms with Gasteiger partial charge in [-0.05, 0) is 48.2 Å². The van der Waals surface area contributed by atoms with Crippen molar-refractivity contribution in [3.05, 3.63) is 24.3 Å². The number of tetrazole rings is 1. The van der Waals surface area contributed by atoms with Gasteiger partial charge in [-0.15, -0.1) is 18.3 Å². The normalized spacial score (nSPS) is 16.7. The van der Waals surface area contributed by atoms with E-state index in [1.54, 1.807) is 6.92 Å². The number of alkyl halides is 3. The Hall–Kier alpha value is -2.34. The number of halogens is 3. The zero-order chi connectivity index (χ0) is 21.0. The fourth-order valence-corrected chi connectivity index (χ4v) is 3.85. The molecule has 1 aromatic carbocycles. The van der Waals surface area contributed by atoms with Crippen LogP contribution in [0, 0.1) is 0 Å². The molecule has 0 bridgehead atoms. The second kappa shape index (κ2) is 8.99. The van der Waals surface area contributed by atoms with Gasteiger partial charge < -0.3 is 14.5 Å². The quantitative estimate of drug-likeness (QED) is 0.651. The Balaban J connectivity index is 1.65. The van der Waals surface area contributed by atoms with Crippen molar-refractivity contribution < 1.29 is 22.7 Å². The zero-order valence-electron chi connectivity index (χ0n) is 16.0. The Kier molecular flexibility index (Phi) is 6.63. The molecule has 1 aromatic heterocycles. The van der Waals surface area contributed by atoms with Gasteiger partial charge >= 0.3 is 6.36 Å². The van der Waals surface area contributed by atoms with E-state index in [9.17, 15) is 18.0 Å². The minimum atomic E-state index is -4.75. The van der Waals surface area contributed by atoms with E-state index in [1.807, 2.05) is 4.90 Å². The number of carbonyl (C=O) groups excluding carboxylic acids is 1. The number of likely N-dealkylation sites (N-methyl/N-ethyl adjacent to an activating group) is 1. The molecule has 12 heteroatoms. The van der Waals surface area contributed by atoms with E-state index in [2.05, 4.69) is 32.1 Å². The third kappa shape index (κ3) is 5.60. The van der Waals surface area contributed by atoms with Gasteiger partial charge in [-0.3, -0.25) is 4.79 Å². The van der Waals surface area contributed by atoms with E-state index in [1.165, 1.54) is 40.7 Å². The van der Waals surface area contributed by atoms with E-state index >= 15 is 0 Å². The van der Waals surface area contributed by atoms with Gasteiger partial charge in [-0.2, -0.15) is 4.68 Å². The largest absolute Gasteiger partial charge is 0.573 e. The molecule has 1 saturated heterocycles. The Bertz CT molecular complexity index is 821. The molecule has 0 radical (unpaired) electrons. The molecular weight excluding hydrogens is 409 g/mol. The summed E-state index contributed by atoms with van der Waals surface area (Å²) < 4.78 is 42.1. The first-order chi connectivity index (χ1) is 13.8. The molecule has 0 unspecified atom stereocenters. The molecule has 8 nitrogen and oxygen atoms in total. The molecule has 0 N–H and O–H groups in total. The summed E-state index contributed by atoms with van der Waals surface area (Å²) in [6.07, 6.45) is -4.75. The zero-order valence-corrected chi connectivity index (χ0v) is 16.8. The van der Waals surface area contributed by atoms with Gasteiger partial charge in [0.1, 0.15) is 5.75 Å². The minimum absolute atomic E-state index is 0.00854. The molecule has 2 heterocycles. The molecular formula is C17H21F3N6O2S. The highest BCUT2D eigenvalue weighted by Crippen LogP contribution is 2.27. The first-order valence-electron chi connectivity index (χ1n) is 9.09. The van der Waals surface area contributed by atoms with Crippen LogP contribution in [0.2, 0.25) is 0 Å². The minimum Gasteiger partial charge on any atom is -0.406 e. The number of thioether (sulfide) groups is 1. The summed E-state index contributed by atoms with van der Waals surface area (Å²) in [5.74, 6) is -0.326. The molecule has 0 saturated carbocycles. The van der Waals surface area contributed by atoms with Crippen LogP contribution in [0.25, 0.3) is 5.69 Å². The number of aromatic nitrogens is 4. The maximum atomic E-state index is 12.7. The summed E-state index contributed by atoms with van der Waals surface area (Å²) in [6.45, 7) is 7.92. The lowest BCUT2D eigenvalue weighted by Gasteiger charge is -2.35. The lowest BCUT2D eigenvalue weighted by atomic mass is 10.3. The standard InChI is InChI=1S/C17H21F3N6O2S/c1-3-24-8-10-25(11-9-24)15(27)12(2)29-16-21-22-23-26(16)13-4-6-14(7-5-13)28-17(18,19)20/h4-7,12H,3,8-11H2,1-2H3/t12-/m1/s1. The number of ether oxygens (including phenoxy) is 1. The van der Waals surface area contributed by atoms with Gasteiger partial charge in [0.25, 0.3) is 0 Å². The highest BCUT2D eigenvalue weighted by molar-refractivity contribution is 8.00. The molecule has 3 rings (SSSR count). The average Bonchev–Trinajstić information content (AvgIpc) is 3.15. The molecule has 1 aliphatic heterocycles. The van der Waals surface area contributed by atoms with Crippen LogP contribution in [0.15, 0.2) is 29.4 Å². The number of piperazine rings is 1. The number of rotatable bonds is 6. The number of benzene rings is 1. The Morgan fingerprint density at radius 2 is 1.86 bits per heavy atom. The van der Waals surface area contributed by atoms with Gasteiger partial charge in [0, 0.05) is 26.2 Å². The Morgan fingerprint density at radius 3 is 2.45 bits per heavy atom. The summed E-state index contributed by atoms with van der Waals surface area (Å²) in [4.78, 5) is 16.9. The van der Waals surface area contributed by atoms with Crippen molar-refractivity contribution in [2.24, 2.45) is 0 Å². The first-order valence-corrected chi connectivity index (χ1v) is 9.97. The van der Waals surface area contributed by atoms with Crippen molar-refractivity contribution in [2.75, 3.05) is 32.7 Å². The highest BCUT2D eigenvalue weighted by atomic mass is 32.2. The van der Waals surface area contributed by atoms with Gasteiger partial charge in [0.05, 0.1) is 10.9 Å². The summed E-state index contributed by atoms with van der Waals surface area (Å²) in [7, 11) is 0. The maximum Gasteiger partial charge on any atom is 0.573 e. The summed E-state index contributed by atoms with van der Waals surface area (Å²) >= 11 is 1.21. The smallest absolute Gasteiger partial charge is 0.406 e. The van der Waals surface area contributed by atoms with Crippen molar-refractivity contribution in [2.45, 2.75) is 30.6 Å². The molecule has 0 aliphatic carbocycles. The molecule has 1 aliphatic rings. The number of hydrogen-bond acceptors (Lipinski definition) is 7. The Labute approximate surface area is 170 Å². The van der Waals surface area contributed by atoms with Crippen LogP contribution in [-0.4, -0.2) is 80.3 Å². The summed E-state index contributed by atoms with van der Waals surface area (Å²) in [5.41, 5.74) is 0.461. The third-order valence-corrected chi connectivity index (χ3v) is 5.54. The van der Waals surface area contributed by atoms with Crippen molar-refractivity contribution in [3.8, 4) is 11.4 Å². The predicted molar refractivity (Wildman–Crippen MR) is 99.9 cm³/mol. The van der Waals surface area contributed by atoms with Crippen LogP contribution < -0.4 is 4.74 Å². The van der Waals surface area contributed by atoms with Crippen LogP contribution in [0.1, 0.15) is 13.8 Å². The van der Waals surface area contributed by atoms with Crippen molar-refractivity contribution in [1.29, 1.82) is 0 Å². The van der Waals surface area contributed by atoms with Gasteiger partial charge in [0.2, 0.25) is 11.1 Å². The van der Waals surface area contributed by atoms with E-state index in [-0.39, 0.29) is 11.7 Å². The van der Waals surface area contributed by atoms with E-state index in [4.69, 9.17) is 0 Å². The predicted octanol–water partition coefficient (Wildman–Crippen LogP) is 2.21. The van der Waals surface area contributed by atoms with E-state index < -0.39 is 11.6 Å². The number of amides is 1. The molecule has 0 spiro atoms. The molecule has 2 aromatic rings. The fourth-order valence-electron chi connectivity index (χ4n) is 2.95. The number of hydrogen-bond donors (Lipinski definition) is 0. The highest BCUT2D eigenvalue weighted by Gasteiger charge is 2.31. The monoisotopic (exact) mass is 430 g/mol. The van der Waals surface area contributed by atoms with Crippen LogP contribution in [0.5, 0.6) is 5.75 Å². The van der Waals surface area contributed by atoms with Crippen LogP contribution in [-0.2, 0) is 4.79 Å². The van der Waals surface area contributed by atoms with Crippen LogP contribution in [0.4, 0.5) is 13.2 Å². The molecule has 1 atom stereocenters. The lowest BCUT2D eigenvalue weighted by molar-refractivity contribution is -0.274. The lowest BCUT2D eigenvalue weighted by Crippen LogP contribution is -2.50. The topological polar surface area (TPSA) is 76.4 Å². The van der Waals surface area contributed by atoms with Crippen molar-refractivity contribution >= 4 is 17.7 Å². The second-order valence-corrected chi connectivity index (χ2v) is 7.74. The fraction of sp³-hybridized carbons (Fsp3) is 0.529. The third-order valence-electron chi connectivity index (χ3n) is 4.52. The first kappa shape index (κ1) is 21.4. The molecule has 1 amide bonds. The SMILES string of the molecule is CCN1CCN(C(=O)[C@@H](C)Sc2nnnn2-c2ccc(OC(F)(F)F)cc2)CC1. The van der Waals surface area contributed by atoms with E-state index in [0.29, 0.717) is 23.9 Å². The molecule has 1 fully saturated rings. The summed E-state index contributed by atoms with van der Waals surface area (Å²) in [6, 6.07) is 5.19.